The summed E-state index contributed by atoms with van der Waals surface area (Å²) in [6, 6.07) is -4.27. The highest BCUT2D eigenvalue weighted by atomic mass is 16.4. The molecule has 5 atom stereocenters. The zero-order chi connectivity index (χ0) is 28.0. The van der Waals surface area contributed by atoms with Gasteiger partial charge in [0.1, 0.15) is 18.1 Å². The Hall–Kier alpha value is -3.66. The van der Waals surface area contributed by atoms with Gasteiger partial charge in [0, 0.05) is 13.1 Å². The maximum atomic E-state index is 13.0. The second kappa shape index (κ2) is 16.2. The lowest BCUT2D eigenvalue weighted by atomic mass is 10.1. The number of aliphatic carboxylic acids is 1. The third kappa shape index (κ3) is 12.2. The Labute approximate surface area is 215 Å². The van der Waals surface area contributed by atoms with Crippen molar-refractivity contribution in [2.24, 2.45) is 32.9 Å². The number of aliphatic imine (C=N–C) groups is 2. The zero-order valence-corrected chi connectivity index (χ0v) is 21.0. The van der Waals surface area contributed by atoms with E-state index in [1.165, 1.54) is 6.92 Å². The summed E-state index contributed by atoms with van der Waals surface area (Å²) in [4.78, 5) is 57.7. The van der Waals surface area contributed by atoms with Gasteiger partial charge in [-0.25, -0.2) is 4.79 Å². The number of carboxylic acid groups (broad SMARTS) is 1. The van der Waals surface area contributed by atoms with Crippen molar-refractivity contribution in [3.63, 3.8) is 0 Å². The summed E-state index contributed by atoms with van der Waals surface area (Å²) in [6.45, 7) is 2.33. The number of nitrogens with one attached hydrogen (secondary N) is 4. The van der Waals surface area contributed by atoms with Crippen molar-refractivity contribution in [2.45, 2.75) is 75.7 Å². The minimum atomic E-state index is -1.34. The molecule has 16 heteroatoms. The lowest BCUT2D eigenvalue weighted by Gasteiger charge is -2.26. The van der Waals surface area contributed by atoms with E-state index in [9.17, 15) is 29.4 Å². The van der Waals surface area contributed by atoms with Crippen LogP contribution in [-0.2, 0) is 19.2 Å². The van der Waals surface area contributed by atoms with Gasteiger partial charge in [0.05, 0.1) is 12.1 Å². The molecule has 0 saturated carbocycles. The SMILES string of the molecule is CC(O)C(NC(=O)C1CCCN1)C(=O)NC(CCCN=C(N)N)C(=O)NC(CCCN=C(N)N)C(=O)O. The van der Waals surface area contributed by atoms with Crippen molar-refractivity contribution in [1.29, 1.82) is 0 Å². The van der Waals surface area contributed by atoms with Crippen LogP contribution in [0.2, 0.25) is 0 Å². The van der Waals surface area contributed by atoms with E-state index in [0.717, 1.165) is 6.42 Å². The Morgan fingerprint density at radius 3 is 1.92 bits per heavy atom. The first-order valence-electron chi connectivity index (χ1n) is 12.1. The Kier molecular flexibility index (Phi) is 13.7. The molecule has 0 aromatic rings. The van der Waals surface area contributed by atoms with E-state index >= 15 is 0 Å². The van der Waals surface area contributed by atoms with Gasteiger partial charge in [-0.15, -0.1) is 0 Å². The standard InChI is InChI=1S/C21H40N10O6/c1-11(32)15(31-16(33)12-5-2-8-26-12)18(35)29-13(6-3-9-27-20(22)23)17(34)30-14(19(36)37)7-4-10-28-21(24)25/h11-15,26,32H,2-10H2,1H3,(H,29,35)(H,30,34)(H,31,33)(H,36,37)(H4,22,23,27)(H4,24,25,28). The molecule has 210 valence electrons. The van der Waals surface area contributed by atoms with E-state index in [1.807, 2.05) is 0 Å². The van der Waals surface area contributed by atoms with Gasteiger partial charge in [0.25, 0.3) is 0 Å². The van der Waals surface area contributed by atoms with Crippen LogP contribution in [0.3, 0.4) is 0 Å². The lowest BCUT2D eigenvalue weighted by molar-refractivity contribution is -0.142. The number of nitrogens with two attached hydrogens (primary N) is 4. The molecule has 3 amide bonds. The number of carbonyl (C=O) groups is 4. The van der Waals surface area contributed by atoms with Crippen LogP contribution < -0.4 is 44.2 Å². The van der Waals surface area contributed by atoms with Crippen molar-refractivity contribution in [1.82, 2.24) is 21.3 Å². The molecule has 1 aliphatic heterocycles. The van der Waals surface area contributed by atoms with Crippen LogP contribution in [-0.4, -0.2) is 95.7 Å². The molecule has 37 heavy (non-hydrogen) atoms. The second-order valence-electron chi connectivity index (χ2n) is 8.73. The minimum absolute atomic E-state index is 0.0350. The van der Waals surface area contributed by atoms with Crippen molar-refractivity contribution >= 4 is 35.6 Å². The van der Waals surface area contributed by atoms with Gasteiger partial charge in [0.2, 0.25) is 17.7 Å². The Morgan fingerprint density at radius 2 is 1.46 bits per heavy atom. The molecule has 1 heterocycles. The lowest BCUT2D eigenvalue weighted by Crippen LogP contribution is -2.59. The minimum Gasteiger partial charge on any atom is -0.480 e. The third-order valence-corrected chi connectivity index (χ3v) is 5.58. The molecule has 16 nitrogen and oxygen atoms in total. The highest BCUT2D eigenvalue weighted by Crippen LogP contribution is 2.08. The second-order valence-corrected chi connectivity index (χ2v) is 8.73. The molecule has 0 spiro atoms. The first kappa shape index (κ1) is 31.4. The Balaban J connectivity index is 2.92. The first-order chi connectivity index (χ1) is 17.4. The number of amides is 3. The van der Waals surface area contributed by atoms with E-state index in [0.29, 0.717) is 13.0 Å². The van der Waals surface area contributed by atoms with Crippen LogP contribution >= 0.6 is 0 Å². The summed E-state index contributed by atoms with van der Waals surface area (Å²) in [6.07, 6.45) is 0.775. The number of carbonyl (C=O) groups excluding carboxylic acids is 3. The fourth-order valence-electron chi connectivity index (χ4n) is 3.63. The van der Waals surface area contributed by atoms with Crippen LogP contribution in [0.5, 0.6) is 0 Å². The van der Waals surface area contributed by atoms with Gasteiger partial charge in [0.15, 0.2) is 11.9 Å². The highest BCUT2D eigenvalue weighted by Gasteiger charge is 2.33. The van der Waals surface area contributed by atoms with E-state index in [4.69, 9.17) is 22.9 Å². The number of aliphatic hydroxyl groups is 1. The maximum Gasteiger partial charge on any atom is 0.326 e. The van der Waals surface area contributed by atoms with Gasteiger partial charge in [-0.2, -0.15) is 0 Å². The number of hydrogen-bond donors (Lipinski definition) is 10. The van der Waals surface area contributed by atoms with Gasteiger partial charge in [-0.05, 0) is 52.0 Å². The van der Waals surface area contributed by atoms with E-state index < -0.39 is 54.0 Å². The average Bonchev–Trinajstić information content (AvgIpc) is 3.35. The van der Waals surface area contributed by atoms with E-state index in [2.05, 4.69) is 31.3 Å². The predicted octanol–water partition coefficient (Wildman–Crippen LogP) is -4.23. The smallest absolute Gasteiger partial charge is 0.326 e. The number of rotatable bonds is 16. The number of carboxylic acids is 1. The fraction of sp³-hybridized carbons (Fsp3) is 0.714. The largest absolute Gasteiger partial charge is 0.480 e. The number of aliphatic hydroxyl groups excluding tert-OH is 1. The van der Waals surface area contributed by atoms with E-state index in [1.54, 1.807) is 0 Å². The fourth-order valence-corrected chi connectivity index (χ4v) is 3.63. The molecule has 0 aromatic heterocycles. The summed E-state index contributed by atoms with van der Waals surface area (Å²) < 4.78 is 0. The van der Waals surface area contributed by atoms with Crippen LogP contribution in [0.25, 0.3) is 0 Å². The summed E-state index contributed by atoms with van der Waals surface area (Å²) in [5.74, 6) is -3.57. The molecule has 0 radical (unpaired) electrons. The quantitative estimate of drug-likeness (QED) is 0.0520. The van der Waals surface area contributed by atoms with Gasteiger partial charge in [-0.1, -0.05) is 0 Å². The summed E-state index contributed by atoms with van der Waals surface area (Å²) in [5, 5.41) is 30.1. The molecule has 0 aromatic carbocycles. The van der Waals surface area contributed by atoms with Gasteiger partial charge >= 0.3 is 5.97 Å². The highest BCUT2D eigenvalue weighted by molar-refractivity contribution is 5.94. The van der Waals surface area contributed by atoms with Crippen LogP contribution in [0.1, 0.15) is 45.4 Å². The van der Waals surface area contributed by atoms with Crippen molar-refractivity contribution < 1.29 is 29.4 Å². The Morgan fingerprint density at radius 1 is 0.919 bits per heavy atom. The normalized spacial score (nSPS) is 17.9. The van der Waals surface area contributed by atoms with Crippen molar-refractivity contribution in [3.8, 4) is 0 Å². The van der Waals surface area contributed by atoms with E-state index in [-0.39, 0.29) is 50.7 Å². The van der Waals surface area contributed by atoms with Crippen LogP contribution in [0.15, 0.2) is 9.98 Å². The summed E-state index contributed by atoms with van der Waals surface area (Å²) in [5.41, 5.74) is 21.1. The molecule has 1 saturated heterocycles. The summed E-state index contributed by atoms with van der Waals surface area (Å²) >= 11 is 0. The van der Waals surface area contributed by atoms with Crippen molar-refractivity contribution in [3.05, 3.63) is 0 Å². The van der Waals surface area contributed by atoms with Crippen LogP contribution in [0, 0.1) is 0 Å². The first-order valence-corrected chi connectivity index (χ1v) is 12.1. The predicted molar refractivity (Wildman–Crippen MR) is 136 cm³/mol. The molecule has 1 rings (SSSR count). The van der Waals surface area contributed by atoms with Crippen molar-refractivity contribution in [2.75, 3.05) is 19.6 Å². The molecule has 0 bridgehead atoms. The zero-order valence-electron chi connectivity index (χ0n) is 21.0. The third-order valence-electron chi connectivity index (χ3n) is 5.58. The van der Waals surface area contributed by atoms with Gasteiger partial charge < -0.3 is 54.4 Å². The molecule has 5 unspecified atom stereocenters. The number of guanidine groups is 2. The molecular formula is C21H40N10O6. The van der Waals surface area contributed by atoms with Gasteiger partial charge in [-0.3, -0.25) is 24.4 Å². The monoisotopic (exact) mass is 528 g/mol. The average molecular weight is 529 g/mol. The summed E-state index contributed by atoms with van der Waals surface area (Å²) in [7, 11) is 0. The molecular weight excluding hydrogens is 488 g/mol. The maximum absolute atomic E-state index is 13.0. The molecule has 1 fully saturated rings. The molecule has 0 aliphatic carbocycles. The number of hydrogen-bond acceptors (Lipinski definition) is 8. The van der Waals surface area contributed by atoms with Crippen LogP contribution in [0.4, 0.5) is 0 Å². The molecule has 14 N–H and O–H groups in total. The molecule has 1 aliphatic rings. The Bertz CT molecular complexity index is 836. The topological polar surface area (TPSA) is 286 Å². The number of nitrogens with zero attached hydrogens (tertiary/aromatic N) is 2.